The molecule has 0 saturated carbocycles. The highest BCUT2D eigenvalue weighted by molar-refractivity contribution is 6.08. The summed E-state index contributed by atoms with van der Waals surface area (Å²) in [5.74, 6) is 0.794. The Morgan fingerprint density at radius 3 is 2.04 bits per heavy atom. The predicted molar refractivity (Wildman–Crippen MR) is 216 cm³/mol. The molecule has 1 unspecified atom stereocenters. The van der Waals surface area contributed by atoms with Crippen molar-refractivity contribution >= 4 is 27.6 Å². The van der Waals surface area contributed by atoms with Crippen molar-refractivity contribution in [1.82, 2.24) is 0 Å². The maximum Gasteiger partial charge on any atom is 0.178 e. The van der Waals surface area contributed by atoms with Gasteiger partial charge in [0.05, 0.1) is 7.11 Å². The van der Waals surface area contributed by atoms with Crippen LogP contribution in [0.1, 0.15) is 79.5 Å². The first kappa shape index (κ1) is 32.9. The van der Waals surface area contributed by atoms with Gasteiger partial charge in [-0.25, -0.2) is 8.78 Å². The highest BCUT2D eigenvalue weighted by Gasteiger charge is 2.48. The summed E-state index contributed by atoms with van der Waals surface area (Å²) in [6.45, 7) is 8.96. The van der Waals surface area contributed by atoms with Gasteiger partial charge in [-0.1, -0.05) is 94.4 Å². The Labute approximate surface area is 314 Å². The van der Waals surface area contributed by atoms with Crippen molar-refractivity contribution in [3.05, 3.63) is 172 Å². The molecule has 3 aliphatic rings. The molecule has 2 aliphatic carbocycles. The molecule has 54 heavy (non-hydrogen) atoms. The lowest BCUT2D eigenvalue weighted by Crippen LogP contribution is -2.35. The Balaban J connectivity index is 1.24. The summed E-state index contributed by atoms with van der Waals surface area (Å²) in [4.78, 5) is 0. The second-order valence-electron chi connectivity index (χ2n) is 15.7. The van der Waals surface area contributed by atoms with E-state index in [0.717, 1.165) is 62.9 Å². The zero-order chi connectivity index (χ0) is 37.1. The van der Waals surface area contributed by atoms with E-state index < -0.39 is 11.0 Å². The van der Waals surface area contributed by atoms with E-state index in [1.54, 1.807) is 19.2 Å². The number of methoxy groups -OCH3 is 1. The van der Waals surface area contributed by atoms with Gasteiger partial charge in [0.25, 0.3) is 0 Å². The highest BCUT2D eigenvalue weighted by Crippen LogP contribution is 2.61. The van der Waals surface area contributed by atoms with Gasteiger partial charge in [0.2, 0.25) is 0 Å². The summed E-state index contributed by atoms with van der Waals surface area (Å²) in [7, 11) is 1.67. The Morgan fingerprint density at radius 1 is 0.630 bits per heavy atom. The first-order chi connectivity index (χ1) is 26.1. The number of halogens is 2. The van der Waals surface area contributed by atoms with E-state index >= 15 is 8.78 Å². The molecular weight excluding hydrogens is 671 g/mol. The molecule has 2 nitrogen and oxygen atoms in total. The third-order valence-corrected chi connectivity index (χ3v) is 12.9. The molecule has 1 aliphatic heterocycles. The summed E-state index contributed by atoms with van der Waals surface area (Å²) >= 11 is 0. The summed E-state index contributed by atoms with van der Waals surface area (Å²) in [5, 5.41) is 4.05. The standard InChI is InChI=1S/C50H40F2O2/c1-6-49(7-2)44-28-34(52)16-21-38(44)45-37-20-15-33(51)27-41(37)47-39(46(45)49)22-23-50(54-47,31-12-17-35(53-5)18-13-31)32-14-19-36-40-24-29-10-8-9-11-30(29)25-42(40)48(3,4)43(36)26-32/h8-28H,6-7H2,1-5H3. The summed E-state index contributed by atoms with van der Waals surface area (Å²) in [5.41, 5.74) is 10.2. The van der Waals surface area contributed by atoms with E-state index in [-0.39, 0.29) is 17.0 Å². The van der Waals surface area contributed by atoms with Gasteiger partial charge in [-0.3, -0.25) is 0 Å². The molecule has 266 valence electrons. The monoisotopic (exact) mass is 710 g/mol. The summed E-state index contributed by atoms with van der Waals surface area (Å²) in [6.07, 6.45) is 5.92. The van der Waals surface area contributed by atoms with E-state index in [4.69, 9.17) is 9.47 Å². The van der Waals surface area contributed by atoms with Gasteiger partial charge < -0.3 is 9.47 Å². The molecule has 0 saturated heterocycles. The van der Waals surface area contributed by atoms with Crippen molar-refractivity contribution in [1.29, 1.82) is 0 Å². The normalized spacial score (nSPS) is 18.1. The Hall–Kier alpha value is -5.74. The number of hydrogen-bond donors (Lipinski definition) is 0. The zero-order valence-electron chi connectivity index (χ0n) is 31.1. The smallest absolute Gasteiger partial charge is 0.178 e. The molecule has 0 aromatic heterocycles. The van der Waals surface area contributed by atoms with Crippen molar-refractivity contribution in [2.24, 2.45) is 0 Å². The molecule has 0 radical (unpaired) electrons. The molecule has 7 aromatic rings. The lowest BCUT2D eigenvalue weighted by molar-refractivity contribution is 0.163. The molecule has 1 atom stereocenters. The van der Waals surface area contributed by atoms with Gasteiger partial charge in [0.1, 0.15) is 23.1 Å². The molecule has 0 bridgehead atoms. The lowest BCUT2D eigenvalue weighted by Gasteiger charge is -2.40. The van der Waals surface area contributed by atoms with Crippen molar-refractivity contribution < 1.29 is 18.3 Å². The number of benzene rings is 7. The minimum atomic E-state index is -1.06. The van der Waals surface area contributed by atoms with Crippen LogP contribution in [0, 0.1) is 11.6 Å². The SMILES string of the molecule is CCC1(CC)c2cc(F)ccc2-c2c1c1c(c3cc(F)ccc23)OC(c2ccc(OC)cc2)(c2ccc3c(c2)C(C)(C)c2cc4ccccc4cc2-3)C=C1. The van der Waals surface area contributed by atoms with Gasteiger partial charge in [-0.15, -0.1) is 0 Å². The fourth-order valence-electron chi connectivity index (χ4n) is 10.1. The van der Waals surface area contributed by atoms with Gasteiger partial charge >= 0.3 is 0 Å². The minimum absolute atomic E-state index is 0.253. The van der Waals surface area contributed by atoms with Crippen LogP contribution in [0.15, 0.2) is 121 Å². The average Bonchev–Trinajstić information content (AvgIpc) is 3.61. The van der Waals surface area contributed by atoms with Crippen molar-refractivity contribution in [3.8, 4) is 33.8 Å². The third kappa shape index (κ3) is 4.25. The Morgan fingerprint density at radius 2 is 1.30 bits per heavy atom. The average molecular weight is 711 g/mol. The number of hydrogen-bond acceptors (Lipinski definition) is 2. The van der Waals surface area contributed by atoms with Crippen LogP contribution in [0.25, 0.3) is 49.9 Å². The van der Waals surface area contributed by atoms with E-state index in [2.05, 4.69) is 107 Å². The Bertz CT molecular complexity index is 2750. The van der Waals surface area contributed by atoms with E-state index in [1.165, 1.54) is 45.2 Å². The van der Waals surface area contributed by atoms with Crippen LogP contribution in [-0.4, -0.2) is 7.11 Å². The highest BCUT2D eigenvalue weighted by atomic mass is 19.1. The summed E-state index contributed by atoms with van der Waals surface area (Å²) < 4.78 is 43.6. The maximum absolute atomic E-state index is 15.4. The van der Waals surface area contributed by atoms with E-state index in [0.29, 0.717) is 11.1 Å². The van der Waals surface area contributed by atoms with Gasteiger partial charge in [0.15, 0.2) is 5.60 Å². The van der Waals surface area contributed by atoms with Gasteiger partial charge in [0, 0.05) is 32.9 Å². The molecule has 10 rings (SSSR count). The summed E-state index contributed by atoms with van der Waals surface area (Å²) in [6, 6.07) is 38.1. The fourth-order valence-corrected chi connectivity index (χ4v) is 10.1. The van der Waals surface area contributed by atoms with Crippen LogP contribution in [0.4, 0.5) is 8.78 Å². The molecule has 7 aromatic carbocycles. The van der Waals surface area contributed by atoms with Crippen LogP contribution in [0.2, 0.25) is 0 Å². The molecule has 0 fully saturated rings. The van der Waals surface area contributed by atoms with Crippen LogP contribution in [0.3, 0.4) is 0 Å². The second-order valence-corrected chi connectivity index (χ2v) is 15.7. The second kappa shape index (κ2) is 11.4. The zero-order valence-corrected chi connectivity index (χ0v) is 31.1. The first-order valence-corrected chi connectivity index (χ1v) is 18.9. The van der Waals surface area contributed by atoms with Crippen molar-refractivity contribution in [3.63, 3.8) is 0 Å². The van der Waals surface area contributed by atoms with Gasteiger partial charge in [-0.05, 0) is 134 Å². The largest absolute Gasteiger partial charge is 0.497 e. The topological polar surface area (TPSA) is 18.5 Å². The fraction of sp³-hybridized carbons (Fsp3) is 0.200. The third-order valence-electron chi connectivity index (χ3n) is 12.9. The maximum atomic E-state index is 15.4. The number of rotatable bonds is 5. The molecule has 0 amide bonds. The van der Waals surface area contributed by atoms with Crippen LogP contribution in [0.5, 0.6) is 11.5 Å². The predicted octanol–water partition coefficient (Wildman–Crippen LogP) is 13.0. The molecule has 1 heterocycles. The van der Waals surface area contributed by atoms with Crippen LogP contribution in [-0.2, 0) is 16.4 Å². The first-order valence-electron chi connectivity index (χ1n) is 18.9. The number of ether oxygens (including phenoxy) is 2. The molecule has 4 heteroatoms. The molecule has 0 N–H and O–H groups in total. The van der Waals surface area contributed by atoms with E-state index in [9.17, 15) is 0 Å². The van der Waals surface area contributed by atoms with Gasteiger partial charge in [-0.2, -0.15) is 0 Å². The Kier molecular flexibility index (Phi) is 6.93. The lowest BCUT2D eigenvalue weighted by atomic mass is 9.71. The molecular formula is C50H40F2O2. The van der Waals surface area contributed by atoms with Crippen LogP contribution < -0.4 is 9.47 Å². The van der Waals surface area contributed by atoms with Crippen molar-refractivity contribution in [2.45, 2.75) is 57.0 Å². The van der Waals surface area contributed by atoms with E-state index in [1.807, 2.05) is 24.3 Å². The molecule has 0 spiro atoms. The number of fused-ring (bicyclic) bond motifs is 12. The van der Waals surface area contributed by atoms with Crippen molar-refractivity contribution in [2.75, 3.05) is 7.11 Å². The minimum Gasteiger partial charge on any atom is -0.497 e. The van der Waals surface area contributed by atoms with Crippen LogP contribution >= 0.6 is 0 Å². The quantitative estimate of drug-likeness (QED) is 0.177.